The van der Waals surface area contributed by atoms with E-state index < -0.39 is 0 Å². The highest BCUT2D eigenvalue weighted by Gasteiger charge is 2.11. The summed E-state index contributed by atoms with van der Waals surface area (Å²) < 4.78 is 2.19. The number of hydrogen-bond donors (Lipinski definition) is 0. The Kier molecular flexibility index (Phi) is 1.54. The predicted molar refractivity (Wildman–Crippen MR) is 52.3 cm³/mol. The van der Waals surface area contributed by atoms with Crippen molar-refractivity contribution in [2.75, 3.05) is 0 Å². The Labute approximate surface area is 88.3 Å². The first-order valence-corrected chi connectivity index (χ1v) is 4.53. The van der Waals surface area contributed by atoms with E-state index >= 15 is 0 Å². The quantitative estimate of drug-likeness (QED) is 0.411. The van der Waals surface area contributed by atoms with E-state index in [0.29, 0.717) is 26.4 Å². The summed E-state index contributed by atoms with van der Waals surface area (Å²) >= 11 is 5.80. The molecule has 1 aromatic carbocycles. The lowest BCUT2D eigenvalue weighted by molar-refractivity contribution is -0.576. The van der Waals surface area contributed by atoms with Crippen molar-refractivity contribution in [2.24, 2.45) is 0 Å². The van der Waals surface area contributed by atoms with Gasteiger partial charge in [0.05, 0.1) is 0 Å². The maximum absolute atomic E-state index is 11.6. The third kappa shape index (κ3) is 1.11. The highest BCUT2D eigenvalue weighted by atomic mass is 35.5. The van der Waals surface area contributed by atoms with Crippen molar-refractivity contribution in [3.63, 3.8) is 0 Å². The molecule has 0 saturated heterocycles. The molecule has 0 unspecified atom stereocenters. The molecule has 0 atom stereocenters. The highest BCUT2D eigenvalue weighted by Crippen LogP contribution is 2.16. The van der Waals surface area contributed by atoms with Gasteiger partial charge in [0, 0.05) is 11.1 Å². The van der Waals surface area contributed by atoms with Crippen LogP contribution in [-0.2, 0) is 0 Å². The standard InChI is InChI=1S/C8H4ClN5O/c9-5-1-2-6-7(3-5)13(15)4-8-10-11-12-14(6)8/h1-4H. The summed E-state index contributed by atoms with van der Waals surface area (Å²) in [6, 6.07) is 4.96. The van der Waals surface area contributed by atoms with Crippen LogP contribution in [0.2, 0.25) is 5.02 Å². The zero-order valence-corrected chi connectivity index (χ0v) is 8.09. The molecule has 15 heavy (non-hydrogen) atoms. The van der Waals surface area contributed by atoms with Crippen LogP contribution >= 0.6 is 11.6 Å². The maximum atomic E-state index is 11.6. The Morgan fingerprint density at radius 1 is 1.40 bits per heavy atom. The molecule has 0 aliphatic carbocycles. The second-order valence-corrected chi connectivity index (χ2v) is 3.47. The van der Waals surface area contributed by atoms with E-state index in [0.717, 1.165) is 0 Å². The molecular weight excluding hydrogens is 218 g/mol. The molecule has 2 aromatic heterocycles. The summed E-state index contributed by atoms with van der Waals surface area (Å²) in [6.45, 7) is 0. The molecule has 3 aromatic rings. The molecule has 0 amide bonds. The zero-order valence-electron chi connectivity index (χ0n) is 7.33. The minimum absolute atomic E-state index is 0.403. The van der Waals surface area contributed by atoms with Gasteiger partial charge < -0.3 is 5.21 Å². The lowest BCUT2D eigenvalue weighted by Crippen LogP contribution is -2.27. The second kappa shape index (κ2) is 2.77. The van der Waals surface area contributed by atoms with Gasteiger partial charge >= 0.3 is 0 Å². The average molecular weight is 222 g/mol. The van der Waals surface area contributed by atoms with Crippen LogP contribution in [0.4, 0.5) is 0 Å². The minimum Gasteiger partial charge on any atom is -0.618 e. The summed E-state index contributed by atoms with van der Waals surface area (Å²) in [7, 11) is 0. The van der Waals surface area contributed by atoms with Crippen molar-refractivity contribution < 1.29 is 4.73 Å². The van der Waals surface area contributed by atoms with Crippen LogP contribution in [0.5, 0.6) is 0 Å². The van der Waals surface area contributed by atoms with Crippen LogP contribution in [0.3, 0.4) is 0 Å². The van der Waals surface area contributed by atoms with Crippen LogP contribution in [0.15, 0.2) is 24.4 Å². The van der Waals surface area contributed by atoms with Crippen LogP contribution in [-0.4, -0.2) is 20.0 Å². The van der Waals surface area contributed by atoms with Gasteiger partial charge in [-0.2, -0.15) is 9.25 Å². The zero-order chi connectivity index (χ0) is 10.4. The lowest BCUT2D eigenvalue weighted by Gasteiger charge is -2.01. The molecule has 0 aliphatic heterocycles. The van der Waals surface area contributed by atoms with Gasteiger partial charge in [-0.25, -0.2) is 0 Å². The van der Waals surface area contributed by atoms with E-state index in [1.807, 2.05) is 0 Å². The van der Waals surface area contributed by atoms with Gasteiger partial charge in [0.15, 0.2) is 0 Å². The summed E-state index contributed by atoms with van der Waals surface area (Å²) in [6.07, 6.45) is 1.30. The summed E-state index contributed by atoms with van der Waals surface area (Å²) in [5.41, 5.74) is 1.46. The van der Waals surface area contributed by atoms with Gasteiger partial charge in [-0.15, -0.1) is 5.10 Å². The molecule has 0 bridgehead atoms. The number of benzene rings is 1. The SMILES string of the molecule is [O-][n+]1cc2nnnn2c2ccc(Cl)cc21. The molecule has 0 fully saturated rings. The normalized spacial score (nSPS) is 11.3. The first-order valence-electron chi connectivity index (χ1n) is 4.15. The Hall–Kier alpha value is -1.95. The maximum Gasteiger partial charge on any atom is 0.245 e. The Morgan fingerprint density at radius 3 is 3.13 bits per heavy atom. The van der Waals surface area contributed by atoms with Crippen LogP contribution in [0.25, 0.3) is 16.7 Å². The molecule has 0 saturated carbocycles. The fourth-order valence-corrected chi connectivity index (χ4v) is 1.64. The summed E-state index contributed by atoms with van der Waals surface area (Å²) in [5, 5.41) is 23.1. The topological polar surface area (TPSA) is 70.0 Å². The fourth-order valence-electron chi connectivity index (χ4n) is 1.47. The highest BCUT2D eigenvalue weighted by molar-refractivity contribution is 6.31. The van der Waals surface area contributed by atoms with E-state index in [1.54, 1.807) is 18.2 Å². The van der Waals surface area contributed by atoms with E-state index in [4.69, 9.17) is 11.6 Å². The molecule has 74 valence electrons. The molecule has 2 heterocycles. The summed E-state index contributed by atoms with van der Waals surface area (Å²) in [5.74, 6) is 0. The van der Waals surface area contributed by atoms with E-state index in [1.165, 1.54) is 10.7 Å². The van der Waals surface area contributed by atoms with Gasteiger partial charge in [0.2, 0.25) is 17.4 Å². The third-order valence-electron chi connectivity index (χ3n) is 2.13. The average Bonchev–Trinajstić information content (AvgIpc) is 2.66. The van der Waals surface area contributed by atoms with Crippen molar-refractivity contribution in [1.29, 1.82) is 0 Å². The largest absolute Gasteiger partial charge is 0.618 e. The monoisotopic (exact) mass is 221 g/mol. The van der Waals surface area contributed by atoms with Crippen LogP contribution in [0.1, 0.15) is 0 Å². The molecule has 0 N–H and O–H groups in total. The Morgan fingerprint density at radius 2 is 2.27 bits per heavy atom. The molecule has 0 spiro atoms. The number of halogens is 1. The van der Waals surface area contributed by atoms with Crippen LogP contribution in [0, 0.1) is 5.21 Å². The first kappa shape index (κ1) is 8.37. The van der Waals surface area contributed by atoms with Crippen molar-refractivity contribution in [3.05, 3.63) is 34.6 Å². The van der Waals surface area contributed by atoms with Crippen molar-refractivity contribution >= 4 is 28.3 Å². The Bertz CT molecular complexity index is 664. The van der Waals surface area contributed by atoms with Crippen molar-refractivity contribution in [3.8, 4) is 0 Å². The van der Waals surface area contributed by atoms with Gasteiger partial charge in [-0.05, 0) is 22.6 Å². The summed E-state index contributed by atoms with van der Waals surface area (Å²) in [4.78, 5) is 0. The molecule has 6 nitrogen and oxygen atoms in total. The van der Waals surface area contributed by atoms with Gasteiger partial charge in [0.25, 0.3) is 0 Å². The minimum atomic E-state index is 0.403. The first-order chi connectivity index (χ1) is 7.25. The number of aromatic nitrogens is 5. The molecule has 7 heteroatoms. The number of rotatable bonds is 0. The van der Waals surface area contributed by atoms with Gasteiger partial charge in [-0.1, -0.05) is 11.6 Å². The smallest absolute Gasteiger partial charge is 0.245 e. The molecule has 0 radical (unpaired) electrons. The van der Waals surface area contributed by atoms with Crippen molar-refractivity contribution in [2.45, 2.75) is 0 Å². The predicted octanol–water partition coefficient (Wildman–Crippen LogP) is 0.564. The molecule has 0 aliphatic rings. The number of fused-ring (bicyclic) bond motifs is 3. The van der Waals surface area contributed by atoms with Crippen molar-refractivity contribution in [1.82, 2.24) is 20.0 Å². The lowest BCUT2D eigenvalue weighted by atomic mass is 10.3. The number of hydrogen-bond acceptors (Lipinski definition) is 4. The van der Waals surface area contributed by atoms with E-state index in [2.05, 4.69) is 15.5 Å². The van der Waals surface area contributed by atoms with Gasteiger partial charge in [-0.3, -0.25) is 0 Å². The third-order valence-corrected chi connectivity index (χ3v) is 2.36. The number of nitrogens with zero attached hydrogens (tertiary/aromatic N) is 5. The second-order valence-electron chi connectivity index (χ2n) is 3.04. The van der Waals surface area contributed by atoms with E-state index in [-0.39, 0.29) is 0 Å². The fraction of sp³-hybridized carbons (Fsp3) is 0. The van der Waals surface area contributed by atoms with Gasteiger partial charge in [0.1, 0.15) is 5.52 Å². The number of tetrazole rings is 1. The molecule has 3 rings (SSSR count). The molecular formula is C8H4ClN5O. The van der Waals surface area contributed by atoms with Crippen LogP contribution < -0.4 is 4.73 Å². The van der Waals surface area contributed by atoms with E-state index in [9.17, 15) is 5.21 Å². The Balaban J connectivity index is 2.61.